The number of para-hydroxylation sites is 1. The van der Waals surface area contributed by atoms with Gasteiger partial charge in [-0.25, -0.2) is 4.68 Å². The molecule has 0 bridgehead atoms. The van der Waals surface area contributed by atoms with Crippen molar-refractivity contribution in [3.05, 3.63) is 36.4 Å². The zero-order valence-corrected chi connectivity index (χ0v) is 10.5. The van der Waals surface area contributed by atoms with E-state index in [-0.39, 0.29) is 0 Å². The number of nitrogens with zero attached hydrogens (tertiary/aromatic N) is 3. The number of aromatic nitrogens is 3. The molecule has 0 saturated carbocycles. The lowest BCUT2D eigenvalue weighted by atomic mass is 10.2. The minimum atomic E-state index is 0.597. The third-order valence-electron chi connectivity index (χ3n) is 2.44. The van der Waals surface area contributed by atoms with Crippen molar-refractivity contribution in [3.63, 3.8) is 0 Å². The second-order valence-corrected chi connectivity index (χ2v) is 3.59. The van der Waals surface area contributed by atoms with Crippen LogP contribution in [0.25, 0.3) is 0 Å². The summed E-state index contributed by atoms with van der Waals surface area (Å²) >= 11 is 0. The molecule has 0 fully saturated rings. The quantitative estimate of drug-likeness (QED) is 0.838. The van der Waals surface area contributed by atoms with Gasteiger partial charge in [-0.05, 0) is 13.0 Å². The molecule has 6 nitrogen and oxygen atoms in total. The molecule has 1 N–H and O–H groups in total. The molecule has 2 aromatic rings. The topological polar surface area (TPSA) is 61.2 Å². The number of nitrogens with one attached hydrogen (secondary N) is 1. The fourth-order valence-corrected chi connectivity index (χ4v) is 1.63. The Morgan fingerprint density at radius 1 is 1.28 bits per heavy atom. The van der Waals surface area contributed by atoms with Crippen molar-refractivity contribution in [1.29, 1.82) is 0 Å². The summed E-state index contributed by atoms with van der Waals surface area (Å²) in [7, 11) is 1.63. The highest BCUT2D eigenvalue weighted by Crippen LogP contribution is 2.31. The minimum Gasteiger partial charge on any atom is -0.493 e. The van der Waals surface area contributed by atoms with Crippen LogP contribution in [0, 0.1) is 0 Å². The molecule has 0 aliphatic heterocycles. The number of rotatable bonds is 6. The zero-order chi connectivity index (χ0) is 12.8. The Hall–Kier alpha value is -2.24. The standard InChI is InChI=1S/C12H16N4O2/c1-3-18-12-10(5-4-6-11(12)17-2)7-15-16-8-13-14-9-16/h4-6,8-9,15H,3,7H2,1-2H3. The zero-order valence-electron chi connectivity index (χ0n) is 10.5. The predicted octanol–water partition coefficient (Wildman–Crippen LogP) is 1.43. The van der Waals surface area contributed by atoms with Crippen LogP contribution in [0.3, 0.4) is 0 Å². The molecule has 0 amide bonds. The largest absolute Gasteiger partial charge is 0.493 e. The summed E-state index contributed by atoms with van der Waals surface area (Å²) in [6.07, 6.45) is 3.20. The molecular formula is C12H16N4O2. The van der Waals surface area contributed by atoms with E-state index >= 15 is 0 Å². The Morgan fingerprint density at radius 2 is 2.06 bits per heavy atom. The van der Waals surface area contributed by atoms with Crippen molar-refractivity contribution in [2.75, 3.05) is 19.1 Å². The van der Waals surface area contributed by atoms with Crippen LogP contribution >= 0.6 is 0 Å². The van der Waals surface area contributed by atoms with Gasteiger partial charge >= 0.3 is 0 Å². The van der Waals surface area contributed by atoms with Crippen LogP contribution in [-0.2, 0) is 6.54 Å². The molecule has 0 saturated heterocycles. The molecule has 0 aliphatic rings. The van der Waals surface area contributed by atoms with Gasteiger partial charge in [0.2, 0.25) is 0 Å². The first-order valence-electron chi connectivity index (χ1n) is 5.72. The van der Waals surface area contributed by atoms with Crippen LogP contribution in [0.2, 0.25) is 0 Å². The highest BCUT2D eigenvalue weighted by atomic mass is 16.5. The van der Waals surface area contributed by atoms with Gasteiger partial charge in [0.25, 0.3) is 0 Å². The summed E-state index contributed by atoms with van der Waals surface area (Å²) in [6, 6.07) is 5.81. The summed E-state index contributed by atoms with van der Waals surface area (Å²) in [5.74, 6) is 1.50. The summed E-state index contributed by atoms with van der Waals surface area (Å²) in [6.45, 7) is 3.15. The van der Waals surface area contributed by atoms with Crippen molar-refractivity contribution in [1.82, 2.24) is 14.9 Å². The molecule has 0 atom stereocenters. The molecule has 1 aromatic carbocycles. The molecule has 0 spiro atoms. The molecule has 6 heteroatoms. The first-order valence-corrected chi connectivity index (χ1v) is 5.72. The van der Waals surface area contributed by atoms with E-state index in [1.54, 1.807) is 24.4 Å². The molecule has 0 radical (unpaired) electrons. The van der Waals surface area contributed by atoms with Crippen molar-refractivity contribution < 1.29 is 9.47 Å². The van der Waals surface area contributed by atoms with Crippen LogP contribution in [-0.4, -0.2) is 28.6 Å². The van der Waals surface area contributed by atoms with Crippen molar-refractivity contribution >= 4 is 0 Å². The maximum Gasteiger partial charge on any atom is 0.166 e. The van der Waals surface area contributed by atoms with Gasteiger partial charge in [0.15, 0.2) is 11.5 Å². The van der Waals surface area contributed by atoms with Gasteiger partial charge in [0.05, 0.1) is 20.3 Å². The van der Waals surface area contributed by atoms with Crippen molar-refractivity contribution in [2.45, 2.75) is 13.5 Å². The Balaban J connectivity index is 2.15. The van der Waals surface area contributed by atoms with Gasteiger partial charge in [0, 0.05) is 5.56 Å². The van der Waals surface area contributed by atoms with Crippen LogP contribution in [0.15, 0.2) is 30.9 Å². The second-order valence-electron chi connectivity index (χ2n) is 3.59. The monoisotopic (exact) mass is 248 g/mol. The van der Waals surface area contributed by atoms with E-state index < -0.39 is 0 Å². The van der Waals surface area contributed by atoms with Gasteiger partial charge in [-0.1, -0.05) is 12.1 Å². The van der Waals surface area contributed by atoms with Crippen LogP contribution in [0.5, 0.6) is 11.5 Å². The first kappa shape index (κ1) is 12.2. The van der Waals surface area contributed by atoms with Crippen LogP contribution in [0.1, 0.15) is 12.5 Å². The summed E-state index contributed by atoms with van der Waals surface area (Å²) in [5, 5.41) is 7.44. The van der Waals surface area contributed by atoms with E-state index in [1.165, 1.54) is 0 Å². The SMILES string of the molecule is CCOc1c(CNn2cnnc2)cccc1OC. The van der Waals surface area contributed by atoms with E-state index in [9.17, 15) is 0 Å². The average Bonchev–Trinajstić information content (AvgIpc) is 2.91. The highest BCUT2D eigenvalue weighted by Gasteiger charge is 2.09. The third kappa shape index (κ3) is 2.71. The average molecular weight is 248 g/mol. The van der Waals surface area contributed by atoms with E-state index in [0.717, 1.165) is 17.1 Å². The number of benzene rings is 1. The predicted molar refractivity (Wildman–Crippen MR) is 67.2 cm³/mol. The van der Waals surface area contributed by atoms with Crippen LogP contribution in [0.4, 0.5) is 0 Å². The van der Waals surface area contributed by atoms with Gasteiger partial charge in [0.1, 0.15) is 12.7 Å². The maximum atomic E-state index is 5.62. The second kappa shape index (κ2) is 5.90. The minimum absolute atomic E-state index is 0.597. The van der Waals surface area contributed by atoms with Gasteiger partial charge < -0.3 is 14.9 Å². The number of methoxy groups -OCH3 is 1. The molecule has 0 aliphatic carbocycles. The maximum absolute atomic E-state index is 5.62. The molecule has 1 heterocycles. The van der Waals surface area contributed by atoms with E-state index in [0.29, 0.717) is 13.2 Å². The fraction of sp³-hybridized carbons (Fsp3) is 0.333. The van der Waals surface area contributed by atoms with E-state index in [2.05, 4.69) is 15.6 Å². The molecular weight excluding hydrogens is 232 g/mol. The lowest BCUT2D eigenvalue weighted by Gasteiger charge is -2.14. The number of hydrogen-bond donors (Lipinski definition) is 1. The first-order chi connectivity index (χ1) is 8.85. The van der Waals surface area contributed by atoms with Gasteiger partial charge in [-0.15, -0.1) is 10.2 Å². The fourth-order valence-electron chi connectivity index (χ4n) is 1.63. The Morgan fingerprint density at radius 3 is 2.72 bits per heavy atom. The van der Waals surface area contributed by atoms with E-state index in [4.69, 9.17) is 9.47 Å². The lowest BCUT2D eigenvalue weighted by Crippen LogP contribution is -2.13. The van der Waals surface area contributed by atoms with Gasteiger partial charge in [-0.2, -0.15) is 0 Å². The third-order valence-corrected chi connectivity index (χ3v) is 2.44. The number of hydrogen-bond acceptors (Lipinski definition) is 5. The molecule has 1 aromatic heterocycles. The lowest BCUT2D eigenvalue weighted by molar-refractivity contribution is 0.307. The highest BCUT2D eigenvalue weighted by molar-refractivity contribution is 5.46. The van der Waals surface area contributed by atoms with Crippen molar-refractivity contribution in [2.24, 2.45) is 0 Å². The Bertz CT molecular complexity index is 485. The Labute approximate surface area is 106 Å². The van der Waals surface area contributed by atoms with Crippen molar-refractivity contribution in [3.8, 4) is 11.5 Å². The summed E-state index contributed by atoms with van der Waals surface area (Å²) < 4.78 is 12.6. The smallest absolute Gasteiger partial charge is 0.166 e. The summed E-state index contributed by atoms with van der Waals surface area (Å²) in [4.78, 5) is 0. The molecule has 18 heavy (non-hydrogen) atoms. The molecule has 0 unspecified atom stereocenters. The Kier molecular flexibility index (Phi) is 4.01. The van der Waals surface area contributed by atoms with E-state index in [1.807, 2.05) is 25.1 Å². The molecule has 2 rings (SSSR count). The van der Waals surface area contributed by atoms with Crippen LogP contribution < -0.4 is 14.9 Å². The number of ether oxygens (including phenoxy) is 2. The molecule has 96 valence electrons. The normalized spacial score (nSPS) is 10.1. The summed E-state index contributed by atoms with van der Waals surface area (Å²) in [5.41, 5.74) is 4.17. The van der Waals surface area contributed by atoms with Gasteiger partial charge in [-0.3, -0.25) is 0 Å².